The third-order valence-electron chi connectivity index (χ3n) is 6.88. The van der Waals surface area contributed by atoms with Crippen LogP contribution in [0.5, 0.6) is 0 Å². The average molecular weight is 633 g/mol. The Hall–Kier alpha value is -2.33. The van der Waals surface area contributed by atoms with Crippen LogP contribution >= 0.6 is 43.6 Å². The molecule has 0 heterocycles. The number of benzene rings is 4. The summed E-state index contributed by atoms with van der Waals surface area (Å²) in [7, 11) is 0. The molecule has 2 atom stereocenters. The third-order valence-corrected chi connectivity index (χ3v) is 9.39. The summed E-state index contributed by atoms with van der Waals surface area (Å²) in [6.45, 7) is 8.76. The summed E-state index contributed by atoms with van der Waals surface area (Å²) in [6.07, 6.45) is 9.28. The van der Waals surface area contributed by atoms with Crippen LogP contribution in [0.2, 0.25) is 0 Å². The number of hydrogen-bond acceptors (Lipinski definition) is 1. The Morgan fingerprint density at radius 2 is 0.919 bits per heavy atom. The standard InChI is InChI=1S/C34H32Br2S/c1-23-7-5-9-27(25(23)3)15-21-33(29-11-17-31(35)18-12-29)37-34(30-13-19-32(36)20-14-30)22-16-28-10-6-8-24(2)26(28)4/h5-22,33-34H,1-4H3/b21-15-,22-16-. The second-order valence-electron chi connectivity index (χ2n) is 9.38. The number of halogens is 2. The topological polar surface area (TPSA) is 0 Å². The van der Waals surface area contributed by atoms with Crippen LogP contribution in [-0.2, 0) is 0 Å². The third kappa shape index (κ3) is 7.37. The molecule has 37 heavy (non-hydrogen) atoms. The minimum Gasteiger partial charge on any atom is -0.137 e. The van der Waals surface area contributed by atoms with E-state index in [1.807, 2.05) is 11.8 Å². The largest absolute Gasteiger partial charge is 0.137 e. The first-order valence-corrected chi connectivity index (χ1v) is 15.0. The molecule has 3 heteroatoms. The summed E-state index contributed by atoms with van der Waals surface area (Å²) >= 11 is 9.17. The molecule has 0 aliphatic rings. The molecule has 0 amide bonds. The first-order valence-electron chi connectivity index (χ1n) is 12.5. The molecule has 0 fully saturated rings. The Kier molecular flexibility index (Phi) is 9.70. The highest BCUT2D eigenvalue weighted by Crippen LogP contribution is 2.43. The molecular formula is C34H32Br2S. The van der Waals surface area contributed by atoms with Crippen molar-refractivity contribution in [1.82, 2.24) is 0 Å². The van der Waals surface area contributed by atoms with E-state index in [2.05, 4.69) is 169 Å². The van der Waals surface area contributed by atoms with Gasteiger partial charge in [0.25, 0.3) is 0 Å². The van der Waals surface area contributed by atoms with Gasteiger partial charge < -0.3 is 0 Å². The smallest absolute Gasteiger partial charge is 0.0489 e. The van der Waals surface area contributed by atoms with Gasteiger partial charge in [0.1, 0.15) is 0 Å². The molecule has 0 aliphatic carbocycles. The fourth-order valence-electron chi connectivity index (χ4n) is 4.22. The molecule has 0 bridgehead atoms. The summed E-state index contributed by atoms with van der Waals surface area (Å²) in [5, 5.41) is 0.370. The van der Waals surface area contributed by atoms with Gasteiger partial charge in [0.15, 0.2) is 0 Å². The molecule has 0 saturated heterocycles. The Morgan fingerprint density at radius 3 is 1.30 bits per heavy atom. The molecule has 0 aliphatic heterocycles. The fraction of sp³-hybridized carbons (Fsp3) is 0.176. The number of rotatable bonds is 8. The first kappa shape index (κ1) is 27.7. The molecule has 0 N–H and O–H groups in total. The quantitative estimate of drug-likeness (QED) is 0.186. The van der Waals surface area contributed by atoms with E-state index >= 15 is 0 Å². The first-order chi connectivity index (χ1) is 17.8. The Bertz CT molecular complexity index is 1290. The Morgan fingerprint density at radius 1 is 0.541 bits per heavy atom. The van der Waals surface area contributed by atoms with Crippen LogP contribution in [0.3, 0.4) is 0 Å². The molecule has 0 saturated carbocycles. The zero-order valence-corrected chi connectivity index (χ0v) is 25.7. The Balaban J connectivity index is 1.73. The van der Waals surface area contributed by atoms with Crippen molar-refractivity contribution < 1.29 is 0 Å². The summed E-state index contributed by atoms with van der Waals surface area (Å²) in [6, 6.07) is 30.5. The van der Waals surface area contributed by atoms with E-state index in [1.54, 1.807) is 0 Å². The molecule has 188 valence electrons. The van der Waals surface area contributed by atoms with Crippen LogP contribution < -0.4 is 0 Å². The zero-order valence-electron chi connectivity index (χ0n) is 21.7. The monoisotopic (exact) mass is 630 g/mol. The van der Waals surface area contributed by atoms with E-state index in [4.69, 9.17) is 0 Å². The van der Waals surface area contributed by atoms with Gasteiger partial charge in [0.2, 0.25) is 0 Å². The van der Waals surface area contributed by atoms with Gasteiger partial charge in [0.05, 0.1) is 0 Å². The number of thioether (sulfide) groups is 1. The van der Waals surface area contributed by atoms with E-state index in [0.717, 1.165) is 8.95 Å². The van der Waals surface area contributed by atoms with Gasteiger partial charge in [0, 0.05) is 19.4 Å². The van der Waals surface area contributed by atoms with Crippen LogP contribution in [-0.4, -0.2) is 0 Å². The van der Waals surface area contributed by atoms with Crippen molar-refractivity contribution in [2.24, 2.45) is 0 Å². The molecule has 4 aromatic carbocycles. The van der Waals surface area contributed by atoms with Gasteiger partial charge >= 0.3 is 0 Å². The van der Waals surface area contributed by atoms with Crippen molar-refractivity contribution in [2.75, 3.05) is 0 Å². The van der Waals surface area contributed by atoms with Crippen molar-refractivity contribution in [2.45, 2.75) is 38.2 Å². The van der Waals surface area contributed by atoms with Crippen LogP contribution in [0, 0.1) is 27.7 Å². The second-order valence-corrected chi connectivity index (χ2v) is 12.5. The van der Waals surface area contributed by atoms with Crippen molar-refractivity contribution in [3.8, 4) is 0 Å². The summed E-state index contributed by atoms with van der Waals surface area (Å²) in [5.41, 5.74) is 10.4. The minimum absolute atomic E-state index is 0.185. The molecule has 4 rings (SSSR count). The summed E-state index contributed by atoms with van der Waals surface area (Å²) < 4.78 is 2.19. The van der Waals surface area contributed by atoms with E-state index in [9.17, 15) is 0 Å². The van der Waals surface area contributed by atoms with Crippen molar-refractivity contribution in [3.63, 3.8) is 0 Å². The van der Waals surface area contributed by atoms with E-state index < -0.39 is 0 Å². The van der Waals surface area contributed by atoms with Crippen LogP contribution in [0.15, 0.2) is 106 Å². The molecule has 0 radical (unpaired) electrons. The van der Waals surface area contributed by atoms with Gasteiger partial charge in [-0.25, -0.2) is 0 Å². The lowest BCUT2D eigenvalue weighted by Crippen LogP contribution is -1.98. The highest BCUT2D eigenvalue weighted by atomic mass is 79.9. The maximum atomic E-state index is 3.60. The maximum absolute atomic E-state index is 3.60. The predicted octanol–water partition coefficient (Wildman–Crippen LogP) is 11.4. The average Bonchev–Trinajstić information content (AvgIpc) is 2.89. The Labute approximate surface area is 243 Å². The zero-order chi connectivity index (χ0) is 26.4. The van der Waals surface area contributed by atoms with Crippen LogP contribution in [0.4, 0.5) is 0 Å². The van der Waals surface area contributed by atoms with Crippen LogP contribution in [0.1, 0.15) is 55.0 Å². The number of aryl methyl sites for hydroxylation is 2. The maximum Gasteiger partial charge on any atom is 0.0489 e. The second kappa shape index (κ2) is 13.0. The van der Waals surface area contributed by atoms with Gasteiger partial charge in [-0.3, -0.25) is 0 Å². The predicted molar refractivity (Wildman–Crippen MR) is 171 cm³/mol. The summed E-state index contributed by atoms with van der Waals surface area (Å²) in [4.78, 5) is 0. The normalized spacial score (nSPS) is 13.4. The van der Waals surface area contributed by atoms with Gasteiger partial charge in [-0.05, 0) is 96.5 Å². The fourth-order valence-corrected chi connectivity index (χ4v) is 6.04. The molecule has 2 unspecified atom stereocenters. The molecule has 0 spiro atoms. The lowest BCUT2D eigenvalue weighted by molar-refractivity contribution is 1.17. The van der Waals surface area contributed by atoms with E-state index in [0.29, 0.717) is 0 Å². The van der Waals surface area contributed by atoms with Crippen molar-refractivity contribution in [1.29, 1.82) is 0 Å². The summed E-state index contributed by atoms with van der Waals surface area (Å²) in [5.74, 6) is 0. The molecule has 0 nitrogen and oxygen atoms in total. The lowest BCUT2D eigenvalue weighted by atomic mass is 10.0. The molecule has 4 aromatic rings. The van der Waals surface area contributed by atoms with Gasteiger partial charge in [-0.15, -0.1) is 11.8 Å². The highest BCUT2D eigenvalue weighted by molar-refractivity contribution is 9.10. The lowest BCUT2D eigenvalue weighted by Gasteiger charge is -2.21. The van der Waals surface area contributed by atoms with Gasteiger partial charge in [-0.2, -0.15) is 0 Å². The molecular weight excluding hydrogens is 600 g/mol. The molecule has 0 aromatic heterocycles. The van der Waals surface area contributed by atoms with Crippen LogP contribution in [0.25, 0.3) is 12.2 Å². The van der Waals surface area contributed by atoms with Crippen molar-refractivity contribution >= 4 is 55.8 Å². The van der Waals surface area contributed by atoms with E-state index in [-0.39, 0.29) is 10.5 Å². The minimum atomic E-state index is 0.185. The van der Waals surface area contributed by atoms with Crippen molar-refractivity contribution in [3.05, 3.63) is 151 Å². The highest BCUT2D eigenvalue weighted by Gasteiger charge is 2.17. The van der Waals surface area contributed by atoms with Gasteiger partial charge in [-0.1, -0.05) is 117 Å². The number of hydrogen-bond donors (Lipinski definition) is 0. The SMILES string of the molecule is Cc1cccc(/C=C\C(SC(/C=C\c2cccc(C)c2C)c2ccc(Br)cc2)c2ccc(Br)cc2)c1C. The van der Waals surface area contributed by atoms with E-state index in [1.165, 1.54) is 44.5 Å².